The van der Waals surface area contributed by atoms with E-state index in [4.69, 9.17) is 5.11 Å². The standard InChI is InChI=1S/C13H15N7O2S/c1-8-9(7-16-20(8)3-4-21)17-13(22)18-10-6-15-19-11(10)12-14-2-5-23-12/h2,5-7,21H,3-4H2,1H3,(H,15,19)(H2,17,18,22). The van der Waals surface area contributed by atoms with Crippen LogP contribution in [0.25, 0.3) is 10.7 Å². The second-order valence-electron chi connectivity index (χ2n) is 4.67. The first-order chi connectivity index (χ1) is 11.2. The first kappa shape index (κ1) is 15.2. The molecule has 0 saturated heterocycles. The van der Waals surface area contributed by atoms with Gasteiger partial charge in [0.2, 0.25) is 0 Å². The Labute approximate surface area is 135 Å². The minimum Gasteiger partial charge on any atom is -0.394 e. The van der Waals surface area contributed by atoms with E-state index in [1.165, 1.54) is 17.5 Å². The van der Waals surface area contributed by atoms with Crippen molar-refractivity contribution in [2.24, 2.45) is 0 Å². The number of aliphatic hydroxyl groups is 1. The molecule has 2 amide bonds. The minimum atomic E-state index is -0.407. The van der Waals surface area contributed by atoms with Gasteiger partial charge in [0.1, 0.15) is 10.7 Å². The second kappa shape index (κ2) is 6.58. The van der Waals surface area contributed by atoms with Gasteiger partial charge in [-0.2, -0.15) is 10.2 Å². The highest BCUT2D eigenvalue weighted by Crippen LogP contribution is 2.27. The highest BCUT2D eigenvalue weighted by Gasteiger charge is 2.14. The number of aliphatic hydroxyl groups excluding tert-OH is 1. The Bertz CT molecular complexity index is 793. The molecule has 0 saturated carbocycles. The van der Waals surface area contributed by atoms with E-state index in [1.54, 1.807) is 17.1 Å². The molecule has 4 N–H and O–H groups in total. The molecular weight excluding hydrogens is 318 g/mol. The number of anilines is 2. The van der Waals surface area contributed by atoms with Crippen molar-refractivity contribution < 1.29 is 9.90 Å². The largest absolute Gasteiger partial charge is 0.394 e. The van der Waals surface area contributed by atoms with Gasteiger partial charge in [-0.25, -0.2) is 9.78 Å². The van der Waals surface area contributed by atoms with Gasteiger partial charge in [-0.3, -0.25) is 9.78 Å². The number of nitrogens with one attached hydrogen (secondary N) is 3. The van der Waals surface area contributed by atoms with Gasteiger partial charge in [0.25, 0.3) is 0 Å². The Morgan fingerprint density at radius 1 is 1.39 bits per heavy atom. The molecule has 3 aromatic rings. The average Bonchev–Trinajstić information content (AvgIpc) is 3.24. The number of aromatic amines is 1. The Morgan fingerprint density at radius 3 is 2.96 bits per heavy atom. The summed E-state index contributed by atoms with van der Waals surface area (Å²) in [7, 11) is 0. The Kier molecular flexibility index (Phi) is 4.35. The zero-order chi connectivity index (χ0) is 16.2. The highest BCUT2D eigenvalue weighted by atomic mass is 32.1. The zero-order valence-corrected chi connectivity index (χ0v) is 13.1. The van der Waals surface area contributed by atoms with Gasteiger partial charge < -0.3 is 15.7 Å². The fourth-order valence-corrected chi connectivity index (χ4v) is 2.70. The average molecular weight is 333 g/mol. The summed E-state index contributed by atoms with van der Waals surface area (Å²) in [5, 5.41) is 27.9. The fraction of sp³-hybridized carbons (Fsp3) is 0.231. The van der Waals surface area contributed by atoms with Crippen LogP contribution in [0.3, 0.4) is 0 Å². The third-order valence-corrected chi connectivity index (χ3v) is 3.99. The molecule has 3 aromatic heterocycles. The third kappa shape index (κ3) is 3.22. The molecule has 9 nitrogen and oxygen atoms in total. The quantitative estimate of drug-likeness (QED) is 0.566. The Hall–Kier alpha value is -2.72. The summed E-state index contributed by atoms with van der Waals surface area (Å²) < 4.78 is 1.62. The molecular formula is C13H15N7O2S. The van der Waals surface area contributed by atoms with E-state index in [1.807, 2.05) is 12.3 Å². The van der Waals surface area contributed by atoms with Gasteiger partial charge in [-0.05, 0) is 6.92 Å². The van der Waals surface area contributed by atoms with Crippen LogP contribution in [0.2, 0.25) is 0 Å². The van der Waals surface area contributed by atoms with Crippen molar-refractivity contribution in [3.63, 3.8) is 0 Å². The maximum Gasteiger partial charge on any atom is 0.323 e. The number of carbonyl (C=O) groups excluding carboxylic acids is 1. The van der Waals surface area contributed by atoms with Gasteiger partial charge >= 0.3 is 6.03 Å². The number of thiazole rings is 1. The monoisotopic (exact) mass is 333 g/mol. The molecule has 0 aliphatic heterocycles. The molecule has 0 bridgehead atoms. The van der Waals surface area contributed by atoms with E-state index < -0.39 is 6.03 Å². The first-order valence-electron chi connectivity index (χ1n) is 6.83. The predicted octanol–water partition coefficient (Wildman–Crippen LogP) is 1.67. The molecule has 0 unspecified atom stereocenters. The number of hydrogen-bond donors (Lipinski definition) is 4. The molecule has 0 atom stereocenters. The molecule has 0 aliphatic rings. The first-order valence-corrected chi connectivity index (χ1v) is 7.71. The van der Waals surface area contributed by atoms with E-state index in [0.29, 0.717) is 23.6 Å². The van der Waals surface area contributed by atoms with Crippen molar-refractivity contribution in [1.29, 1.82) is 0 Å². The van der Waals surface area contributed by atoms with Crippen LogP contribution in [0.4, 0.5) is 16.2 Å². The Morgan fingerprint density at radius 2 is 2.22 bits per heavy atom. The molecule has 0 fully saturated rings. The van der Waals surface area contributed by atoms with Crippen LogP contribution in [0, 0.1) is 6.92 Å². The van der Waals surface area contributed by atoms with E-state index >= 15 is 0 Å². The maximum atomic E-state index is 12.2. The second-order valence-corrected chi connectivity index (χ2v) is 5.56. The summed E-state index contributed by atoms with van der Waals surface area (Å²) in [6.45, 7) is 2.18. The highest BCUT2D eigenvalue weighted by molar-refractivity contribution is 7.13. The molecule has 0 aliphatic carbocycles. The smallest absolute Gasteiger partial charge is 0.323 e. The van der Waals surface area contributed by atoms with Crippen LogP contribution >= 0.6 is 11.3 Å². The molecule has 120 valence electrons. The lowest BCUT2D eigenvalue weighted by Gasteiger charge is -2.07. The lowest BCUT2D eigenvalue weighted by molar-refractivity contribution is 0.262. The van der Waals surface area contributed by atoms with Gasteiger partial charge in [0.15, 0.2) is 0 Å². The number of aromatic nitrogens is 5. The molecule has 10 heteroatoms. The molecule has 0 radical (unpaired) electrons. The van der Waals surface area contributed by atoms with Crippen LogP contribution in [0.15, 0.2) is 24.0 Å². The number of nitrogens with zero attached hydrogens (tertiary/aromatic N) is 4. The van der Waals surface area contributed by atoms with E-state index in [2.05, 4.69) is 30.9 Å². The predicted molar refractivity (Wildman–Crippen MR) is 86.4 cm³/mol. The van der Waals surface area contributed by atoms with E-state index in [-0.39, 0.29) is 6.61 Å². The van der Waals surface area contributed by atoms with Crippen molar-refractivity contribution in [3.8, 4) is 10.7 Å². The summed E-state index contributed by atoms with van der Waals surface area (Å²) in [5.41, 5.74) is 2.54. The maximum absolute atomic E-state index is 12.2. The molecule has 0 spiro atoms. The number of H-pyrrole nitrogens is 1. The summed E-state index contributed by atoms with van der Waals surface area (Å²) in [5.74, 6) is 0. The van der Waals surface area contributed by atoms with Gasteiger partial charge in [-0.15, -0.1) is 11.3 Å². The van der Waals surface area contributed by atoms with E-state index in [0.717, 1.165) is 10.7 Å². The number of hydrogen-bond acceptors (Lipinski definition) is 6. The van der Waals surface area contributed by atoms with Gasteiger partial charge in [0.05, 0.1) is 42.6 Å². The topological polar surface area (TPSA) is 121 Å². The van der Waals surface area contributed by atoms with Gasteiger partial charge in [-0.1, -0.05) is 0 Å². The third-order valence-electron chi connectivity index (χ3n) is 3.20. The van der Waals surface area contributed by atoms with Gasteiger partial charge in [0, 0.05) is 11.6 Å². The number of urea groups is 1. The summed E-state index contributed by atoms with van der Waals surface area (Å²) in [6.07, 6.45) is 4.75. The molecule has 3 heterocycles. The molecule has 23 heavy (non-hydrogen) atoms. The van der Waals surface area contributed by atoms with E-state index in [9.17, 15) is 4.79 Å². The Balaban J connectivity index is 1.70. The minimum absolute atomic E-state index is 0.0135. The van der Waals surface area contributed by atoms with Crippen molar-refractivity contribution in [1.82, 2.24) is 25.0 Å². The normalized spacial score (nSPS) is 10.7. The fourth-order valence-electron chi connectivity index (χ4n) is 2.06. The van der Waals surface area contributed by atoms with Crippen LogP contribution in [0.1, 0.15) is 5.69 Å². The number of rotatable bonds is 5. The van der Waals surface area contributed by atoms with Crippen LogP contribution in [-0.4, -0.2) is 42.7 Å². The summed E-state index contributed by atoms with van der Waals surface area (Å²) >= 11 is 1.45. The lowest BCUT2D eigenvalue weighted by Crippen LogP contribution is -2.20. The van der Waals surface area contributed by atoms with Crippen LogP contribution < -0.4 is 10.6 Å². The van der Waals surface area contributed by atoms with Crippen LogP contribution in [-0.2, 0) is 6.54 Å². The SMILES string of the molecule is Cc1c(NC(=O)Nc2cn[nH]c2-c2nccs2)cnn1CCO. The van der Waals surface area contributed by atoms with Crippen molar-refractivity contribution in [2.75, 3.05) is 17.2 Å². The lowest BCUT2D eigenvalue weighted by atomic mass is 10.3. The number of amides is 2. The zero-order valence-electron chi connectivity index (χ0n) is 12.3. The van der Waals surface area contributed by atoms with Crippen molar-refractivity contribution in [3.05, 3.63) is 29.7 Å². The summed E-state index contributed by atoms with van der Waals surface area (Å²) in [6, 6.07) is -0.407. The van der Waals surface area contributed by atoms with Crippen LogP contribution in [0.5, 0.6) is 0 Å². The molecule has 3 rings (SSSR count). The van der Waals surface area contributed by atoms with Crippen molar-refractivity contribution in [2.45, 2.75) is 13.5 Å². The number of carbonyl (C=O) groups is 1. The van der Waals surface area contributed by atoms with Crippen molar-refractivity contribution >= 4 is 28.7 Å². The summed E-state index contributed by atoms with van der Waals surface area (Å²) in [4.78, 5) is 16.3. The molecule has 0 aromatic carbocycles.